The van der Waals surface area contributed by atoms with Crippen molar-refractivity contribution in [2.45, 2.75) is 0 Å². The van der Waals surface area contributed by atoms with Crippen LogP contribution in [0.15, 0.2) is 53.6 Å². The SMILES string of the molecule is COc1ccc(/C=N\NC(=O)c2ccccc2Cl)cc1. The van der Waals surface area contributed by atoms with Crippen LogP contribution in [0.25, 0.3) is 0 Å². The van der Waals surface area contributed by atoms with E-state index in [1.165, 1.54) is 0 Å². The van der Waals surface area contributed by atoms with Crippen LogP contribution < -0.4 is 10.2 Å². The largest absolute Gasteiger partial charge is 0.497 e. The molecule has 1 N–H and O–H groups in total. The van der Waals surface area contributed by atoms with Crippen LogP contribution >= 0.6 is 11.6 Å². The Morgan fingerprint density at radius 2 is 1.90 bits per heavy atom. The molecule has 1 amide bonds. The van der Waals surface area contributed by atoms with Gasteiger partial charge in [-0.3, -0.25) is 4.79 Å². The van der Waals surface area contributed by atoms with Crippen molar-refractivity contribution in [3.63, 3.8) is 0 Å². The normalized spacial score (nSPS) is 10.5. The molecular formula is C15H13ClN2O2. The van der Waals surface area contributed by atoms with Gasteiger partial charge < -0.3 is 4.74 Å². The molecule has 0 radical (unpaired) electrons. The first-order valence-corrected chi connectivity index (χ1v) is 6.30. The molecule has 2 aromatic carbocycles. The van der Waals surface area contributed by atoms with Gasteiger partial charge in [-0.15, -0.1) is 0 Å². The van der Waals surface area contributed by atoms with Crippen LogP contribution in [-0.2, 0) is 0 Å². The van der Waals surface area contributed by atoms with E-state index >= 15 is 0 Å². The number of amides is 1. The van der Waals surface area contributed by atoms with Crippen molar-refractivity contribution in [1.82, 2.24) is 5.43 Å². The van der Waals surface area contributed by atoms with Gasteiger partial charge in [-0.1, -0.05) is 23.7 Å². The molecule has 5 heteroatoms. The van der Waals surface area contributed by atoms with Crippen molar-refractivity contribution < 1.29 is 9.53 Å². The average molecular weight is 289 g/mol. The van der Waals surface area contributed by atoms with Crippen molar-refractivity contribution in [1.29, 1.82) is 0 Å². The number of halogens is 1. The molecule has 0 atom stereocenters. The third-order valence-corrected chi connectivity index (χ3v) is 2.94. The Morgan fingerprint density at radius 1 is 1.20 bits per heavy atom. The van der Waals surface area contributed by atoms with Gasteiger partial charge in [-0.25, -0.2) is 5.43 Å². The van der Waals surface area contributed by atoms with Crippen molar-refractivity contribution in [3.8, 4) is 5.75 Å². The van der Waals surface area contributed by atoms with Crippen molar-refractivity contribution in [2.24, 2.45) is 5.10 Å². The molecule has 102 valence electrons. The monoisotopic (exact) mass is 288 g/mol. The molecule has 0 spiro atoms. The molecule has 0 aromatic heterocycles. The summed E-state index contributed by atoms with van der Waals surface area (Å²) in [6, 6.07) is 14.1. The Bertz CT molecular complexity index is 624. The van der Waals surface area contributed by atoms with E-state index in [1.807, 2.05) is 24.3 Å². The fourth-order valence-electron chi connectivity index (χ4n) is 1.56. The topological polar surface area (TPSA) is 50.7 Å². The van der Waals surface area contributed by atoms with Crippen LogP contribution in [0.3, 0.4) is 0 Å². The van der Waals surface area contributed by atoms with Crippen LogP contribution in [0.5, 0.6) is 5.75 Å². The third kappa shape index (κ3) is 3.59. The number of hydrogen-bond acceptors (Lipinski definition) is 3. The average Bonchev–Trinajstić information content (AvgIpc) is 2.48. The van der Waals surface area contributed by atoms with Crippen LogP contribution in [0.4, 0.5) is 0 Å². The fraction of sp³-hybridized carbons (Fsp3) is 0.0667. The number of ether oxygens (including phenoxy) is 1. The van der Waals surface area contributed by atoms with Crippen molar-refractivity contribution in [2.75, 3.05) is 7.11 Å². The smallest absolute Gasteiger partial charge is 0.272 e. The predicted octanol–water partition coefficient (Wildman–Crippen LogP) is 3.11. The lowest BCUT2D eigenvalue weighted by atomic mass is 10.2. The number of nitrogens with one attached hydrogen (secondary N) is 1. The van der Waals surface area contributed by atoms with Gasteiger partial charge in [0, 0.05) is 0 Å². The molecule has 0 bridgehead atoms. The van der Waals surface area contributed by atoms with Gasteiger partial charge in [0.15, 0.2) is 0 Å². The first kappa shape index (κ1) is 14.1. The Kier molecular flexibility index (Phi) is 4.74. The summed E-state index contributed by atoms with van der Waals surface area (Å²) < 4.78 is 5.05. The van der Waals surface area contributed by atoms with E-state index in [0.29, 0.717) is 10.6 Å². The lowest BCUT2D eigenvalue weighted by Gasteiger charge is -2.02. The lowest BCUT2D eigenvalue weighted by Crippen LogP contribution is -2.17. The first-order chi connectivity index (χ1) is 9.70. The minimum Gasteiger partial charge on any atom is -0.497 e. The molecule has 0 fully saturated rings. The van der Waals surface area contributed by atoms with E-state index in [1.54, 1.807) is 37.6 Å². The number of nitrogens with zero attached hydrogens (tertiary/aromatic N) is 1. The van der Waals surface area contributed by atoms with Gasteiger partial charge in [0.2, 0.25) is 0 Å². The maximum atomic E-state index is 11.8. The molecule has 0 aliphatic rings. The third-order valence-electron chi connectivity index (χ3n) is 2.61. The maximum Gasteiger partial charge on any atom is 0.272 e. The quantitative estimate of drug-likeness (QED) is 0.694. The number of benzene rings is 2. The first-order valence-electron chi connectivity index (χ1n) is 5.92. The summed E-state index contributed by atoms with van der Waals surface area (Å²) in [6.45, 7) is 0. The number of hydrogen-bond donors (Lipinski definition) is 1. The summed E-state index contributed by atoms with van der Waals surface area (Å²) in [4.78, 5) is 11.8. The Morgan fingerprint density at radius 3 is 2.55 bits per heavy atom. The summed E-state index contributed by atoms with van der Waals surface area (Å²) in [7, 11) is 1.60. The van der Waals surface area contributed by atoms with E-state index in [-0.39, 0.29) is 5.91 Å². The van der Waals surface area contributed by atoms with Gasteiger partial charge >= 0.3 is 0 Å². The molecule has 20 heavy (non-hydrogen) atoms. The highest BCUT2D eigenvalue weighted by Crippen LogP contribution is 2.14. The van der Waals surface area contributed by atoms with Gasteiger partial charge in [0.1, 0.15) is 5.75 Å². The second-order valence-electron chi connectivity index (χ2n) is 3.95. The van der Waals surface area contributed by atoms with Gasteiger partial charge in [0.05, 0.1) is 23.9 Å². The summed E-state index contributed by atoms with van der Waals surface area (Å²) in [5, 5.41) is 4.28. The van der Waals surface area contributed by atoms with Gasteiger partial charge in [-0.2, -0.15) is 5.10 Å². The van der Waals surface area contributed by atoms with E-state index in [0.717, 1.165) is 11.3 Å². The number of rotatable bonds is 4. The second kappa shape index (κ2) is 6.73. The number of carbonyl (C=O) groups excluding carboxylic acids is 1. The molecule has 0 heterocycles. The van der Waals surface area contributed by atoms with E-state index in [2.05, 4.69) is 10.5 Å². The molecule has 0 aliphatic heterocycles. The molecular weight excluding hydrogens is 276 g/mol. The van der Waals surface area contributed by atoms with Crippen LogP contribution in [0.1, 0.15) is 15.9 Å². The van der Waals surface area contributed by atoms with Crippen LogP contribution in [0.2, 0.25) is 5.02 Å². The van der Waals surface area contributed by atoms with Crippen LogP contribution in [-0.4, -0.2) is 19.2 Å². The summed E-state index contributed by atoms with van der Waals surface area (Å²) in [5.41, 5.74) is 3.67. The van der Waals surface area contributed by atoms with E-state index in [4.69, 9.17) is 16.3 Å². The Balaban J connectivity index is 1.99. The summed E-state index contributed by atoms with van der Waals surface area (Å²) >= 11 is 5.92. The Hall–Kier alpha value is -2.33. The van der Waals surface area contributed by atoms with Crippen LogP contribution in [0, 0.1) is 0 Å². The number of hydrazone groups is 1. The Labute approximate surface area is 122 Å². The highest BCUT2D eigenvalue weighted by atomic mass is 35.5. The van der Waals surface area contributed by atoms with Crippen molar-refractivity contribution in [3.05, 3.63) is 64.7 Å². The zero-order valence-electron chi connectivity index (χ0n) is 10.8. The maximum absolute atomic E-state index is 11.8. The molecule has 0 aliphatic carbocycles. The molecule has 0 saturated carbocycles. The van der Waals surface area contributed by atoms with E-state index in [9.17, 15) is 4.79 Å². The second-order valence-corrected chi connectivity index (χ2v) is 4.36. The zero-order valence-corrected chi connectivity index (χ0v) is 11.6. The molecule has 2 aromatic rings. The molecule has 0 unspecified atom stereocenters. The number of methoxy groups -OCH3 is 1. The minimum absolute atomic E-state index is 0.347. The zero-order chi connectivity index (χ0) is 14.4. The molecule has 2 rings (SSSR count). The highest BCUT2D eigenvalue weighted by Gasteiger charge is 2.07. The summed E-state index contributed by atoms with van der Waals surface area (Å²) in [6.07, 6.45) is 1.55. The minimum atomic E-state index is -0.347. The van der Waals surface area contributed by atoms with Crippen molar-refractivity contribution >= 4 is 23.7 Å². The lowest BCUT2D eigenvalue weighted by molar-refractivity contribution is 0.0955. The van der Waals surface area contributed by atoms with Gasteiger partial charge in [0.25, 0.3) is 5.91 Å². The fourth-order valence-corrected chi connectivity index (χ4v) is 1.78. The summed E-state index contributed by atoms with van der Waals surface area (Å²) in [5.74, 6) is 0.419. The number of carbonyl (C=O) groups is 1. The predicted molar refractivity (Wildman–Crippen MR) is 79.5 cm³/mol. The van der Waals surface area contributed by atoms with E-state index < -0.39 is 0 Å². The van der Waals surface area contributed by atoms with Gasteiger partial charge in [-0.05, 0) is 42.0 Å². The highest BCUT2D eigenvalue weighted by molar-refractivity contribution is 6.33. The standard InChI is InChI=1S/C15H13ClN2O2/c1-20-12-8-6-11(7-9-12)10-17-18-15(19)13-4-2-3-5-14(13)16/h2-10H,1H3,(H,18,19)/b17-10-. The molecule has 4 nitrogen and oxygen atoms in total. The molecule has 0 saturated heterocycles.